The summed E-state index contributed by atoms with van der Waals surface area (Å²) < 4.78 is 0. The maximum Gasteiger partial charge on any atom is 0.134 e. The number of fused-ring (bicyclic) bond motifs is 1. The van der Waals surface area contributed by atoms with Crippen molar-refractivity contribution < 1.29 is 5.11 Å². The Morgan fingerprint density at radius 1 is 1.15 bits per heavy atom. The molecule has 1 unspecified atom stereocenters. The van der Waals surface area contributed by atoms with Gasteiger partial charge in [-0.2, -0.15) is 0 Å². The van der Waals surface area contributed by atoms with Crippen molar-refractivity contribution in [2.75, 3.05) is 0 Å². The highest BCUT2D eigenvalue weighted by atomic mass is 35.5. The van der Waals surface area contributed by atoms with E-state index in [1.165, 1.54) is 17.5 Å². The zero-order valence-electron chi connectivity index (χ0n) is 11.3. The molecule has 0 amide bonds. The molecule has 0 radical (unpaired) electrons. The van der Waals surface area contributed by atoms with Crippen LogP contribution in [-0.4, -0.2) is 11.1 Å². The van der Waals surface area contributed by atoms with Crippen molar-refractivity contribution in [1.82, 2.24) is 5.32 Å². The van der Waals surface area contributed by atoms with E-state index in [-0.39, 0.29) is 5.75 Å². The smallest absolute Gasteiger partial charge is 0.134 e. The molecule has 1 aliphatic carbocycles. The van der Waals surface area contributed by atoms with Crippen molar-refractivity contribution >= 4 is 11.6 Å². The van der Waals surface area contributed by atoms with Crippen LogP contribution in [0, 0.1) is 0 Å². The lowest BCUT2D eigenvalue weighted by molar-refractivity contribution is 0.456. The Kier molecular flexibility index (Phi) is 3.95. The molecule has 0 aromatic heterocycles. The van der Waals surface area contributed by atoms with Crippen LogP contribution in [-0.2, 0) is 19.4 Å². The Morgan fingerprint density at radius 3 is 2.75 bits per heavy atom. The van der Waals surface area contributed by atoms with Crippen LogP contribution in [0.1, 0.15) is 23.1 Å². The van der Waals surface area contributed by atoms with E-state index >= 15 is 0 Å². The largest absolute Gasteiger partial charge is 0.506 e. The molecule has 0 aliphatic heterocycles. The normalized spacial score (nSPS) is 17.8. The molecule has 0 heterocycles. The molecule has 0 saturated carbocycles. The predicted octanol–water partition coefficient (Wildman–Crippen LogP) is 3.69. The van der Waals surface area contributed by atoms with E-state index in [9.17, 15) is 5.11 Å². The van der Waals surface area contributed by atoms with Crippen LogP contribution in [0.15, 0.2) is 42.5 Å². The second-order valence-electron chi connectivity index (χ2n) is 5.38. The summed E-state index contributed by atoms with van der Waals surface area (Å²) in [5.74, 6) is 0.141. The van der Waals surface area contributed by atoms with Crippen molar-refractivity contribution in [2.24, 2.45) is 0 Å². The van der Waals surface area contributed by atoms with Crippen molar-refractivity contribution in [3.63, 3.8) is 0 Å². The Hall–Kier alpha value is -1.51. The fraction of sp³-hybridized carbons (Fsp3) is 0.294. The fourth-order valence-corrected chi connectivity index (χ4v) is 3.00. The molecule has 20 heavy (non-hydrogen) atoms. The van der Waals surface area contributed by atoms with Gasteiger partial charge in [0, 0.05) is 12.6 Å². The zero-order chi connectivity index (χ0) is 13.9. The van der Waals surface area contributed by atoms with E-state index in [0.29, 0.717) is 11.1 Å². The van der Waals surface area contributed by atoms with E-state index in [1.807, 2.05) is 12.1 Å². The Balaban J connectivity index is 1.61. The highest BCUT2D eigenvalue weighted by Crippen LogP contribution is 2.24. The number of nitrogens with one attached hydrogen (secondary N) is 1. The Labute approximate surface area is 124 Å². The molecule has 2 aromatic rings. The maximum absolute atomic E-state index is 9.42. The molecule has 0 fully saturated rings. The summed E-state index contributed by atoms with van der Waals surface area (Å²) >= 11 is 5.92. The van der Waals surface area contributed by atoms with Crippen LogP contribution in [0.2, 0.25) is 5.02 Å². The SMILES string of the molecule is Oc1ccc(CNC2CCc3ccccc3C2)cc1Cl. The van der Waals surface area contributed by atoms with Crippen LogP contribution in [0.4, 0.5) is 0 Å². The number of benzene rings is 2. The van der Waals surface area contributed by atoms with E-state index in [2.05, 4.69) is 29.6 Å². The number of hydrogen-bond acceptors (Lipinski definition) is 2. The summed E-state index contributed by atoms with van der Waals surface area (Å²) in [7, 11) is 0. The van der Waals surface area contributed by atoms with Crippen LogP contribution in [0.25, 0.3) is 0 Å². The molecule has 2 aromatic carbocycles. The lowest BCUT2D eigenvalue weighted by Crippen LogP contribution is -2.34. The Bertz CT molecular complexity index is 612. The molecule has 3 heteroatoms. The predicted molar refractivity (Wildman–Crippen MR) is 82.2 cm³/mol. The maximum atomic E-state index is 9.42. The summed E-state index contributed by atoms with van der Waals surface area (Å²) in [6, 6.07) is 14.6. The summed E-state index contributed by atoms with van der Waals surface area (Å²) in [4.78, 5) is 0. The van der Waals surface area contributed by atoms with Gasteiger partial charge < -0.3 is 10.4 Å². The van der Waals surface area contributed by atoms with Gasteiger partial charge >= 0.3 is 0 Å². The molecular formula is C17H18ClNO. The third-order valence-corrected chi connectivity index (χ3v) is 4.26. The third-order valence-electron chi connectivity index (χ3n) is 3.95. The topological polar surface area (TPSA) is 32.3 Å². The van der Waals surface area contributed by atoms with Crippen LogP contribution in [0.5, 0.6) is 5.75 Å². The summed E-state index contributed by atoms with van der Waals surface area (Å²) in [5, 5.41) is 13.4. The second-order valence-corrected chi connectivity index (χ2v) is 5.78. The average Bonchev–Trinajstić information content (AvgIpc) is 2.48. The third kappa shape index (κ3) is 2.97. The van der Waals surface area contributed by atoms with Gasteiger partial charge in [0.15, 0.2) is 0 Å². The molecule has 0 spiro atoms. The van der Waals surface area contributed by atoms with Crippen molar-refractivity contribution in [3.8, 4) is 5.75 Å². The van der Waals surface area contributed by atoms with Gasteiger partial charge in [0.05, 0.1) is 5.02 Å². The minimum atomic E-state index is 0.141. The minimum Gasteiger partial charge on any atom is -0.506 e. The summed E-state index contributed by atoms with van der Waals surface area (Å²) in [6.07, 6.45) is 3.40. The van der Waals surface area contributed by atoms with Crippen LogP contribution < -0.4 is 5.32 Å². The lowest BCUT2D eigenvalue weighted by atomic mass is 9.88. The van der Waals surface area contributed by atoms with Gasteiger partial charge in [-0.25, -0.2) is 0 Å². The van der Waals surface area contributed by atoms with Gasteiger partial charge in [0.25, 0.3) is 0 Å². The Morgan fingerprint density at radius 2 is 1.95 bits per heavy atom. The first-order valence-corrected chi connectivity index (χ1v) is 7.38. The second kappa shape index (κ2) is 5.86. The molecule has 2 nitrogen and oxygen atoms in total. The summed E-state index contributed by atoms with van der Waals surface area (Å²) in [5.41, 5.74) is 4.05. The van der Waals surface area contributed by atoms with Gasteiger partial charge in [-0.05, 0) is 48.1 Å². The van der Waals surface area contributed by atoms with Gasteiger partial charge in [-0.15, -0.1) is 0 Å². The summed E-state index contributed by atoms with van der Waals surface area (Å²) in [6.45, 7) is 0.785. The average molecular weight is 288 g/mol. The number of aromatic hydroxyl groups is 1. The number of rotatable bonds is 3. The highest BCUT2D eigenvalue weighted by molar-refractivity contribution is 6.32. The molecular weight excluding hydrogens is 270 g/mol. The number of aryl methyl sites for hydroxylation is 1. The first-order chi connectivity index (χ1) is 9.72. The number of phenols is 1. The molecule has 0 bridgehead atoms. The first kappa shape index (κ1) is 13.5. The lowest BCUT2D eigenvalue weighted by Gasteiger charge is -2.25. The zero-order valence-corrected chi connectivity index (χ0v) is 12.0. The number of phenolic OH excluding ortho intramolecular Hbond substituents is 1. The van der Waals surface area contributed by atoms with E-state index < -0.39 is 0 Å². The molecule has 1 atom stereocenters. The van der Waals surface area contributed by atoms with Crippen LogP contribution >= 0.6 is 11.6 Å². The quantitative estimate of drug-likeness (QED) is 0.902. The molecule has 104 valence electrons. The van der Waals surface area contributed by atoms with Gasteiger partial charge in [-0.1, -0.05) is 41.9 Å². The fourth-order valence-electron chi connectivity index (χ4n) is 2.79. The van der Waals surface area contributed by atoms with E-state index in [0.717, 1.165) is 24.9 Å². The monoisotopic (exact) mass is 287 g/mol. The van der Waals surface area contributed by atoms with Crippen molar-refractivity contribution in [1.29, 1.82) is 0 Å². The van der Waals surface area contributed by atoms with Crippen molar-refractivity contribution in [3.05, 3.63) is 64.2 Å². The van der Waals surface area contributed by atoms with E-state index in [4.69, 9.17) is 11.6 Å². The number of halogens is 1. The molecule has 2 N–H and O–H groups in total. The standard InChI is InChI=1S/C17H18ClNO/c18-16-9-12(5-8-17(16)20)11-19-15-7-6-13-3-1-2-4-14(13)10-15/h1-5,8-9,15,19-20H,6-7,10-11H2. The molecule has 0 saturated heterocycles. The van der Waals surface area contributed by atoms with Gasteiger partial charge in [0.1, 0.15) is 5.75 Å². The van der Waals surface area contributed by atoms with Gasteiger partial charge in [0.2, 0.25) is 0 Å². The first-order valence-electron chi connectivity index (χ1n) is 7.00. The van der Waals surface area contributed by atoms with Crippen LogP contribution in [0.3, 0.4) is 0 Å². The molecule has 3 rings (SSSR count). The minimum absolute atomic E-state index is 0.141. The van der Waals surface area contributed by atoms with Crippen molar-refractivity contribution in [2.45, 2.75) is 31.8 Å². The molecule has 1 aliphatic rings. The van der Waals surface area contributed by atoms with Gasteiger partial charge in [-0.3, -0.25) is 0 Å². The van der Waals surface area contributed by atoms with E-state index in [1.54, 1.807) is 6.07 Å². The number of hydrogen-bond donors (Lipinski definition) is 2. The highest BCUT2D eigenvalue weighted by Gasteiger charge is 2.17.